The van der Waals surface area contributed by atoms with Crippen LogP contribution in [0.1, 0.15) is 40.3 Å². The molecule has 0 spiro atoms. The lowest BCUT2D eigenvalue weighted by Gasteiger charge is -2.08. The summed E-state index contributed by atoms with van der Waals surface area (Å²) in [5, 5.41) is 0. The van der Waals surface area contributed by atoms with E-state index in [2.05, 4.69) is 4.72 Å². The molecule has 0 aliphatic heterocycles. The predicted octanol–water partition coefficient (Wildman–Crippen LogP) is 2.88. The Hall–Kier alpha value is -2.88. The number of carbonyl (C=O) groups is 2. The first-order valence-corrected chi connectivity index (χ1v) is 9.45. The maximum absolute atomic E-state index is 13.0. The van der Waals surface area contributed by atoms with Crippen LogP contribution in [-0.2, 0) is 19.5 Å². The van der Waals surface area contributed by atoms with Gasteiger partial charge in [0.25, 0.3) is 10.0 Å². The van der Waals surface area contributed by atoms with Gasteiger partial charge in [-0.1, -0.05) is 0 Å². The first-order valence-electron chi connectivity index (χ1n) is 7.97. The van der Waals surface area contributed by atoms with Crippen LogP contribution in [0.2, 0.25) is 0 Å². The zero-order valence-electron chi connectivity index (χ0n) is 14.9. The summed E-state index contributed by atoms with van der Waals surface area (Å²) in [6, 6.07) is 4.03. The Bertz CT molecular complexity index is 948. The smallest absolute Gasteiger partial charge is 0.344 e. The Labute approximate surface area is 155 Å². The maximum atomic E-state index is 13.0. The second kappa shape index (κ2) is 8.21. The molecule has 1 aromatic carbocycles. The fraction of sp³-hybridized carbons (Fsp3) is 0.294. The number of furan rings is 1. The molecule has 0 unspecified atom stereocenters. The van der Waals surface area contributed by atoms with Crippen LogP contribution in [0.5, 0.6) is 0 Å². The highest BCUT2D eigenvalue weighted by atomic mass is 32.2. The lowest BCUT2D eigenvalue weighted by atomic mass is 10.1. The number of nitrogens with one attached hydrogen (secondary N) is 1. The summed E-state index contributed by atoms with van der Waals surface area (Å²) in [7, 11) is -4.21. The van der Waals surface area contributed by atoms with Gasteiger partial charge in [-0.15, -0.1) is 0 Å². The highest BCUT2D eigenvalue weighted by Gasteiger charge is 2.32. The predicted molar refractivity (Wildman–Crippen MR) is 92.6 cm³/mol. The molecule has 1 aromatic heterocycles. The van der Waals surface area contributed by atoms with Crippen LogP contribution >= 0.6 is 0 Å². The fourth-order valence-corrected chi connectivity index (χ4v) is 3.26. The number of hydrogen-bond donors (Lipinski definition) is 1. The molecule has 0 saturated carbocycles. The molecule has 146 valence electrons. The minimum atomic E-state index is -4.21. The van der Waals surface area contributed by atoms with Crippen LogP contribution in [0.4, 0.5) is 10.3 Å². The standard InChI is InChI=1S/C17H18FNO7S/c1-4-24-16(20)13-10(3)26-15(14(13)17(21)25-5-2)19-27(22,23)12-8-6-11(18)7-9-12/h6-9,19H,4-5H2,1-3H3. The number of anilines is 1. The van der Waals surface area contributed by atoms with Gasteiger partial charge in [-0.2, -0.15) is 0 Å². The molecule has 0 radical (unpaired) electrons. The average molecular weight is 399 g/mol. The van der Waals surface area contributed by atoms with E-state index in [0.29, 0.717) is 0 Å². The second-order valence-electron chi connectivity index (χ2n) is 5.24. The molecule has 0 aliphatic carbocycles. The van der Waals surface area contributed by atoms with E-state index in [4.69, 9.17) is 13.9 Å². The number of rotatable bonds is 7. The number of sulfonamides is 1. The average Bonchev–Trinajstić information content (AvgIpc) is 2.91. The number of ether oxygens (including phenoxy) is 2. The molecule has 0 fully saturated rings. The van der Waals surface area contributed by atoms with Crippen LogP contribution in [0.25, 0.3) is 0 Å². The second-order valence-corrected chi connectivity index (χ2v) is 6.92. The third kappa shape index (κ3) is 4.45. The van der Waals surface area contributed by atoms with E-state index in [0.717, 1.165) is 24.3 Å². The highest BCUT2D eigenvalue weighted by Crippen LogP contribution is 2.30. The molecule has 0 aliphatic rings. The zero-order valence-corrected chi connectivity index (χ0v) is 15.7. The van der Waals surface area contributed by atoms with E-state index < -0.39 is 39.2 Å². The third-order valence-electron chi connectivity index (χ3n) is 3.39. The lowest BCUT2D eigenvalue weighted by molar-refractivity contribution is 0.0480. The molecular weight excluding hydrogens is 381 g/mol. The Morgan fingerprint density at radius 1 is 1.04 bits per heavy atom. The van der Waals surface area contributed by atoms with Crippen molar-refractivity contribution < 1.29 is 36.3 Å². The zero-order chi connectivity index (χ0) is 20.2. The van der Waals surface area contributed by atoms with Crippen molar-refractivity contribution in [2.24, 2.45) is 0 Å². The minimum absolute atomic E-state index is 0.00449. The van der Waals surface area contributed by atoms with Gasteiger partial charge < -0.3 is 13.9 Å². The number of carbonyl (C=O) groups excluding carboxylic acids is 2. The van der Waals surface area contributed by atoms with E-state index >= 15 is 0 Å². The van der Waals surface area contributed by atoms with Crippen molar-refractivity contribution in [1.29, 1.82) is 0 Å². The number of hydrogen-bond acceptors (Lipinski definition) is 7. The van der Waals surface area contributed by atoms with E-state index in [1.807, 2.05) is 0 Å². The summed E-state index contributed by atoms with van der Waals surface area (Å²) in [4.78, 5) is 24.2. The minimum Gasteiger partial charge on any atom is -0.462 e. The molecule has 0 saturated heterocycles. The lowest BCUT2D eigenvalue weighted by Crippen LogP contribution is -2.18. The van der Waals surface area contributed by atoms with Crippen molar-refractivity contribution >= 4 is 27.8 Å². The molecule has 10 heteroatoms. The number of aryl methyl sites for hydroxylation is 1. The SMILES string of the molecule is CCOC(=O)c1c(C)oc(NS(=O)(=O)c2ccc(F)cc2)c1C(=O)OCC. The molecule has 1 heterocycles. The molecule has 27 heavy (non-hydrogen) atoms. The summed E-state index contributed by atoms with van der Waals surface area (Å²) in [6.07, 6.45) is 0. The Kier molecular flexibility index (Phi) is 6.21. The Morgan fingerprint density at radius 3 is 2.07 bits per heavy atom. The fourth-order valence-electron chi connectivity index (χ4n) is 2.26. The molecule has 2 rings (SSSR count). The third-order valence-corrected chi connectivity index (χ3v) is 4.74. The van der Waals surface area contributed by atoms with Gasteiger partial charge in [-0.05, 0) is 45.0 Å². The van der Waals surface area contributed by atoms with Crippen LogP contribution in [0.3, 0.4) is 0 Å². The largest absolute Gasteiger partial charge is 0.462 e. The van der Waals surface area contributed by atoms with Crippen molar-refractivity contribution in [3.05, 3.63) is 47.0 Å². The summed E-state index contributed by atoms with van der Waals surface area (Å²) in [5.74, 6) is -2.92. The van der Waals surface area contributed by atoms with Crippen LogP contribution in [-0.4, -0.2) is 33.6 Å². The quantitative estimate of drug-likeness (QED) is 0.713. The first kappa shape index (κ1) is 20.4. The van der Waals surface area contributed by atoms with Crippen molar-refractivity contribution in [3.8, 4) is 0 Å². The van der Waals surface area contributed by atoms with Gasteiger partial charge in [-0.25, -0.2) is 27.1 Å². The van der Waals surface area contributed by atoms with E-state index in [9.17, 15) is 22.4 Å². The van der Waals surface area contributed by atoms with Crippen molar-refractivity contribution in [3.63, 3.8) is 0 Å². The normalized spacial score (nSPS) is 11.1. The van der Waals surface area contributed by atoms with Crippen LogP contribution in [0, 0.1) is 12.7 Å². The number of halogens is 1. The monoisotopic (exact) mass is 399 g/mol. The van der Waals surface area contributed by atoms with Gasteiger partial charge >= 0.3 is 11.9 Å². The van der Waals surface area contributed by atoms with Crippen molar-refractivity contribution in [2.75, 3.05) is 17.9 Å². The van der Waals surface area contributed by atoms with Gasteiger partial charge in [-0.3, -0.25) is 0 Å². The molecule has 0 amide bonds. The molecule has 1 N–H and O–H groups in total. The van der Waals surface area contributed by atoms with E-state index in [1.54, 1.807) is 13.8 Å². The summed E-state index contributed by atoms with van der Waals surface area (Å²) < 4.78 is 55.2. The Morgan fingerprint density at radius 2 is 1.56 bits per heavy atom. The molecular formula is C17H18FNO7S. The number of benzene rings is 1. The Balaban J connectivity index is 2.52. The van der Waals surface area contributed by atoms with Crippen molar-refractivity contribution in [1.82, 2.24) is 0 Å². The van der Waals surface area contributed by atoms with E-state index in [-0.39, 0.29) is 29.4 Å². The molecule has 8 nitrogen and oxygen atoms in total. The van der Waals surface area contributed by atoms with Gasteiger partial charge in [0.2, 0.25) is 5.88 Å². The topological polar surface area (TPSA) is 112 Å². The molecule has 0 atom stereocenters. The number of esters is 2. The van der Waals surface area contributed by atoms with Gasteiger partial charge in [0.05, 0.1) is 18.1 Å². The van der Waals surface area contributed by atoms with Gasteiger partial charge in [0, 0.05) is 0 Å². The summed E-state index contributed by atoms with van der Waals surface area (Å²) in [6.45, 7) is 4.55. The summed E-state index contributed by atoms with van der Waals surface area (Å²) in [5.41, 5.74) is -0.620. The van der Waals surface area contributed by atoms with Gasteiger partial charge in [0.1, 0.15) is 22.7 Å². The van der Waals surface area contributed by atoms with Crippen LogP contribution in [0.15, 0.2) is 33.6 Å². The maximum Gasteiger partial charge on any atom is 0.344 e. The molecule has 2 aromatic rings. The summed E-state index contributed by atoms with van der Waals surface area (Å²) >= 11 is 0. The van der Waals surface area contributed by atoms with Crippen LogP contribution < -0.4 is 4.72 Å². The highest BCUT2D eigenvalue weighted by molar-refractivity contribution is 7.92. The molecule has 0 bridgehead atoms. The van der Waals surface area contributed by atoms with Gasteiger partial charge in [0.15, 0.2) is 0 Å². The van der Waals surface area contributed by atoms with Crippen molar-refractivity contribution in [2.45, 2.75) is 25.7 Å². The first-order chi connectivity index (χ1) is 12.7. The van der Waals surface area contributed by atoms with E-state index in [1.165, 1.54) is 6.92 Å².